The van der Waals surface area contributed by atoms with E-state index in [1.54, 1.807) is 25.6 Å². The lowest BCUT2D eigenvalue weighted by atomic mass is 10.3. The maximum atomic E-state index is 5.27. The van der Waals surface area contributed by atoms with Crippen molar-refractivity contribution in [2.45, 2.75) is 26.1 Å². The van der Waals surface area contributed by atoms with Crippen LogP contribution < -0.4 is 10.2 Å². The summed E-state index contributed by atoms with van der Waals surface area (Å²) in [5, 5.41) is 4.44. The van der Waals surface area contributed by atoms with Crippen LogP contribution in [-0.4, -0.2) is 57.5 Å². The highest BCUT2D eigenvalue weighted by Crippen LogP contribution is 2.28. The normalized spacial score (nSPS) is 12.6. The van der Waals surface area contributed by atoms with Crippen molar-refractivity contribution >= 4 is 28.2 Å². The Balaban J connectivity index is 2.72. The molecule has 1 heterocycles. The fourth-order valence-corrected chi connectivity index (χ4v) is 3.63. The number of hydrogen-bond acceptors (Lipinski definition) is 7. The number of nitrogens with zero attached hydrogens (tertiary/aromatic N) is 2. The topological polar surface area (TPSA) is 46.6 Å². The fourth-order valence-electron chi connectivity index (χ4n) is 1.83. The quantitative estimate of drug-likeness (QED) is 0.627. The van der Waals surface area contributed by atoms with Crippen molar-refractivity contribution in [3.05, 3.63) is 10.6 Å². The molecule has 0 saturated heterocycles. The molecular formula is C14H27N3O2S2. The first kappa shape index (κ1) is 18.7. The van der Waals surface area contributed by atoms with Crippen LogP contribution in [0.5, 0.6) is 0 Å². The van der Waals surface area contributed by atoms with E-state index >= 15 is 0 Å². The van der Waals surface area contributed by atoms with Gasteiger partial charge >= 0.3 is 0 Å². The average Bonchev–Trinajstić information content (AvgIpc) is 2.86. The molecule has 0 fully saturated rings. The number of ether oxygens (including phenoxy) is 2. The largest absolute Gasteiger partial charge is 0.383 e. The summed E-state index contributed by atoms with van der Waals surface area (Å²) >= 11 is 3.60. The summed E-state index contributed by atoms with van der Waals surface area (Å²) in [6.07, 6.45) is 2.13. The smallest absolute Gasteiger partial charge is 0.185 e. The van der Waals surface area contributed by atoms with Gasteiger partial charge < -0.3 is 19.7 Å². The molecule has 0 aliphatic carbocycles. The number of hydrogen-bond donors (Lipinski definition) is 1. The van der Waals surface area contributed by atoms with E-state index in [9.17, 15) is 0 Å². The van der Waals surface area contributed by atoms with Crippen molar-refractivity contribution in [3.8, 4) is 0 Å². The van der Waals surface area contributed by atoms with E-state index in [4.69, 9.17) is 14.5 Å². The van der Waals surface area contributed by atoms with E-state index in [2.05, 4.69) is 30.4 Å². The Morgan fingerprint density at radius 2 is 2.14 bits per heavy atom. The summed E-state index contributed by atoms with van der Waals surface area (Å²) in [5.74, 6) is 1.09. The van der Waals surface area contributed by atoms with Crippen molar-refractivity contribution in [2.75, 3.05) is 51.3 Å². The molecule has 0 radical (unpaired) electrons. The number of thioether (sulfide) groups is 1. The first-order valence-electron chi connectivity index (χ1n) is 7.03. The molecule has 0 aliphatic rings. The molecule has 0 aliphatic heterocycles. The minimum absolute atomic E-state index is 0.468. The van der Waals surface area contributed by atoms with Gasteiger partial charge in [-0.3, -0.25) is 0 Å². The SMILES string of the molecule is COCCNCc1sc(N(C)C(C)CSC)nc1COC. The van der Waals surface area contributed by atoms with Crippen LogP contribution in [0.15, 0.2) is 0 Å². The zero-order chi connectivity index (χ0) is 15.7. The molecule has 0 amide bonds. The molecule has 0 spiro atoms. The molecule has 1 aromatic heterocycles. The lowest BCUT2D eigenvalue weighted by Crippen LogP contribution is -2.30. The third kappa shape index (κ3) is 6.12. The lowest BCUT2D eigenvalue weighted by Gasteiger charge is -2.23. The molecule has 0 saturated carbocycles. The Labute approximate surface area is 136 Å². The van der Waals surface area contributed by atoms with Gasteiger partial charge in [0.15, 0.2) is 5.13 Å². The van der Waals surface area contributed by atoms with Crippen LogP contribution in [0.3, 0.4) is 0 Å². The van der Waals surface area contributed by atoms with E-state index in [0.717, 1.165) is 36.3 Å². The summed E-state index contributed by atoms with van der Waals surface area (Å²) in [4.78, 5) is 8.23. The molecule has 7 heteroatoms. The third-order valence-corrected chi connectivity index (χ3v) is 5.19. The second-order valence-electron chi connectivity index (χ2n) is 4.88. The molecular weight excluding hydrogens is 306 g/mol. The highest BCUT2D eigenvalue weighted by Gasteiger charge is 2.17. The summed E-state index contributed by atoms with van der Waals surface area (Å²) in [5.41, 5.74) is 1.03. The molecule has 1 aromatic rings. The van der Waals surface area contributed by atoms with E-state index in [0.29, 0.717) is 12.6 Å². The summed E-state index contributed by atoms with van der Waals surface area (Å²) in [6, 6.07) is 0.468. The minimum atomic E-state index is 0.468. The van der Waals surface area contributed by atoms with Gasteiger partial charge in [-0.05, 0) is 13.2 Å². The van der Waals surface area contributed by atoms with E-state index in [-0.39, 0.29) is 0 Å². The van der Waals surface area contributed by atoms with E-state index < -0.39 is 0 Å². The van der Waals surface area contributed by atoms with Crippen LogP contribution in [-0.2, 0) is 22.6 Å². The van der Waals surface area contributed by atoms with Crippen molar-refractivity contribution in [1.82, 2.24) is 10.3 Å². The maximum absolute atomic E-state index is 5.27. The standard InChI is InChI=1S/C14H27N3O2S2/c1-11(10-20-5)17(2)14-16-12(9-19-4)13(21-14)8-15-6-7-18-3/h11,15H,6-10H2,1-5H3. The molecule has 1 rings (SSSR count). The van der Waals surface area contributed by atoms with Gasteiger partial charge in [0, 0.05) is 51.0 Å². The molecule has 0 bridgehead atoms. The van der Waals surface area contributed by atoms with Crippen LogP contribution in [0.25, 0.3) is 0 Å². The monoisotopic (exact) mass is 333 g/mol. The van der Waals surface area contributed by atoms with Crippen LogP contribution in [0, 0.1) is 0 Å². The van der Waals surface area contributed by atoms with Gasteiger partial charge in [0.1, 0.15) is 0 Å². The van der Waals surface area contributed by atoms with Gasteiger partial charge in [-0.25, -0.2) is 4.98 Å². The van der Waals surface area contributed by atoms with Crippen molar-refractivity contribution < 1.29 is 9.47 Å². The zero-order valence-electron chi connectivity index (χ0n) is 13.6. The fraction of sp³-hybridized carbons (Fsp3) is 0.786. The van der Waals surface area contributed by atoms with Crippen molar-refractivity contribution in [1.29, 1.82) is 0 Å². The summed E-state index contributed by atoms with van der Waals surface area (Å²) in [6.45, 7) is 5.15. The minimum Gasteiger partial charge on any atom is -0.383 e. The zero-order valence-corrected chi connectivity index (χ0v) is 15.3. The van der Waals surface area contributed by atoms with E-state index in [1.807, 2.05) is 11.8 Å². The molecule has 1 unspecified atom stereocenters. The Bertz CT molecular complexity index is 402. The second kappa shape index (κ2) is 10.4. The number of nitrogens with one attached hydrogen (secondary N) is 1. The van der Waals surface area contributed by atoms with Crippen LogP contribution in [0.2, 0.25) is 0 Å². The Morgan fingerprint density at radius 3 is 2.76 bits per heavy atom. The van der Waals surface area contributed by atoms with Gasteiger partial charge in [-0.2, -0.15) is 11.8 Å². The molecule has 122 valence electrons. The first-order chi connectivity index (χ1) is 10.1. The predicted molar refractivity (Wildman–Crippen MR) is 92.7 cm³/mol. The number of thiazole rings is 1. The number of anilines is 1. The number of aromatic nitrogens is 1. The van der Waals surface area contributed by atoms with Gasteiger partial charge in [-0.15, -0.1) is 11.3 Å². The maximum Gasteiger partial charge on any atom is 0.185 e. The Morgan fingerprint density at radius 1 is 1.38 bits per heavy atom. The van der Waals surface area contributed by atoms with Crippen LogP contribution in [0.4, 0.5) is 5.13 Å². The van der Waals surface area contributed by atoms with Crippen LogP contribution >= 0.6 is 23.1 Å². The van der Waals surface area contributed by atoms with Gasteiger partial charge in [0.05, 0.1) is 18.9 Å². The highest BCUT2D eigenvalue weighted by molar-refractivity contribution is 7.98. The van der Waals surface area contributed by atoms with E-state index in [1.165, 1.54) is 4.88 Å². The summed E-state index contributed by atoms with van der Waals surface area (Å²) in [7, 11) is 5.53. The molecule has 0 aromatic carbocycles. The Hall–Kier alpha value is -0.340. The van der Waals surface area contributed by atoms with Gasteiger partial charge in [0.2, 0.25) is 0 Å². The second-order valence-corrected chi connectivity index (χ2v) is 6.86. The first-order valence-corrected chi connectivity index (χ1v) is 9.24. The molecule has 21 heavy (non-hydrogen) atoms. The predicted octanol–water partition coefficient (Wildman–Crippen LogP) is 2.21. The Kier molecular flexibility index (Phi) is 9.26. The summed E-state index contributed by atoms with van der Waals surface area (Å²) < 4.78 is 10.3. The number of rotatable bonds is 11. The highest BCUT2D eigenvalue weighted by atomic mass is 32.2. The molecule has 5 nitrogen and oxygen atoms in total. The van der Waals surface area contributed by atoms with Crippen molar-refractivity contribution in [3.63, 3.8) is 0 Å². The lowest BCUT2D eigenvalue weighted by molar-refractivity contribution is 0.181. The third-order valence-electron chi connectivity index (χ3n) is 3.19. The van der Waals surface area contributed by atoms with Crippen molar-refractivity contribution in [2.24, 2.45) is 0 Å². The van der Waals surface area contributed by atoms with Gasteiger partial charge in [0.25, 0.3) is 0 Å². The average molecular weight is 334 g/mol. The molecule has 1 N–H and O–H groups in total. The number of methoxy groups -OCH3 is 2. The molecule has 1 atom stereocenters. The van der Waals surface area contributed by atoms with Crippen LogP contribution in [0.1, 0.15) is 17.5 Å². The van der Waals surface area contributed by atoms with Gasteiger partial charge in [-0.1, -0.05) is 0 Å².